The smallest absolute Gasteiger partial charge is 0.0701 e. The first-order valence-electron chi connectivity index (χ1n) is 12.7. The van der Waals surface area contributed by atoms with Crippen LogP contribution in [0.1, 0.15) is 95.9 Å². The number of aliphatic hydroxyl groups is 2. The lowest BCUT2D eigenvalue weighted by Gasteiger charge is -2.47. The highest BCUT2D eigenvalue weighted by molar-refractivity contribution is 4.94. The zero-order valence-corrected chi connectivity index (χ0v) is 24.2. The van der Waals surface area contributed by atoms with Crippen LogP contribution >= 0.6 is 0 Å². The van der Waals surface area contributed by atoms with Crippen LogP contribution in [0.4, 0.5) is 0 Å². The molecule has 0 radical (unpaired) electrons. The summed E-state index contributed by atoms with van der Waals surface area (Å²) < 4.78 is 17.7. The molecule has 0 aliphatic rings. The first-order valence-corrected chi connectivity index (χ1v) is 12.7. The molecule has 2 N–H and O–H groups in total. The Morgan fingerprint density at radius 1 is 0.455 bits per heavy atom. The lowest BCUT2D eigenvalue weighted by Crippen LogP contribution is -2.46. The maximum atomic E-state index is 10.2. The van der Waals surface area contributed by atoms with Gasteiger partial charge in [0.25, 0.3) is 0 Å². The fourth-order valence-electron chi connectivity index (χ4n) is 4.65. The Kier molecular flexibility index (Phi) is 12.6. The maximum Gasteiger partial charge on any atom is 0.0701 e. The third kappa shape index (κ3) is 11.4. The van der Waals surface area contributed by atoms with E-state index in [9.17, 15) is 10.2 Å². The van der Waals surface area contributed by atoms with Gasteiger partial charge in [-0.2, -0.15) is 0 Å². The van der Waals surface area contributed by atoms with Crippen LogP contribution in [-0.2, 0) is 14.2 Å². The van der Waals surface area contributed by atoms with Crippen molar-refractivity contribution in [2.75, 3.05) is 52.9 Å². The highest BCUT2D eigenvalue weighted by atomic mass is 16.5. The molecule has 0 amide bonds. The summed E-state index contributed by atoms with van der Waals surface area (Å²) in [5.41, 5.74) is -0.496. The molecule has 0 bridgehead atoms. The molecule has 0 rings (SSSR count). The third-order valence-electron chi connectivity index (χ3n) is 7.03. The van der Waals surface area contributed by atoms with Crippen molar-refractivity contribution >= 4 is 0 Å². The van der Waals surface area contributed by atoms with Gasteiger partial charge >= 0.3 is 0 Å². The Hall–Kier alpha value is -0.200. The molecule has 33 heavy (non-hydrogen) atoms. The Labute approximate surface area is 206 Å². The summed E-state index contributed by atoms with van der Waals surface area (Å²) in [4.78, 5) is 0. The van der Waals surface area contributed by atoms with E-state index >= 15 is 0 Å². The molecule has 0 saturated heterocycles. The molecule has 0 fully saturated rings. The minimum Gasteiger partial charge on any atom is -0.396 e. The van der Waals surface area contributed by atoms with Gasteiger partial charge in [-0.25, -0.2) is 0 Å². The predicted octanol–water partition coefficient (Wildman–Crippen LogP) is 5.96. The molecular formula is C28H58O5. The molecular weight excluding hydrogens is 416 g/mol. The second kappa shape index (κ2) is 12.7. The molecule has 0 aromatic heterocycles. The Morgan fingerprint density at radius 2 is 0.727 bits per heavy atom. The second-order valence-electron chi connectivity index (χ2n) is 14.6. The van der Waals surface area contributed by atoms with Crippen molar-refractivity contribution in [2.45, 2.75) is 95.9 Å². The van der Waals surface area contributed by atoms with Crippen molar-refractivity contribution in [1.29, 1.82) is 0 Å². The summed E-state index contributed by atoms with van der Waals surface area (Å²) in [6, 6.07) is 0. The van der Waals surface area contributed by atoms with E-state index in [-0.39, 0.29) is 45.7 Å². The van der Waals surface area contributed by atoms with E-state index in [2.05, 4.69) is 83.1 Å². The van der Waals surface area contributed by atoms with Gasteiger partial charge in [-0.1, -0.05) is 83.1 Å². The van der Waals surface area contributed by atoms with Crippen LogP contribution in [0.2, 0.25) is 0 Å². The fourth-order valence-corrected chi connectivity index (χ4v) is 4.65. The van der Waals surface area contributed by atoms with Crippen LogP contribution in [0, 0.1) is 32.5 Å². The summed E-state index contributed by atoms with van der Waals surface area (Å²) in [6.45, 7) is 29.5. The average Bonchev–Trinajstić information content (AvgIpc) is 2.60. The van der Waals surface area contributed by atoms with E-state index in [1.165, 1.54) is 0 Å². The van der Waals surface area contributed by atoms with Gasteiger partial charge in [0, 0.05) is 10.8 Å². The minimum absolute atomic E-state index is 0.0664. The monoisotopic (exact) mass is 474 g/mol. The number of hydrogen-bond acceptors (Lipinski definition) is 5. The Balaban J connectivity index is 4.52. The number of aliphatic hydroxyl groups excluding tert-OH is 2. The van der Waals surface area contributed by atoms with Crippen LogP contribution in [0.3, 0.4) is 0 Å². The summed E-state index contributed by atoms with van der Waals surface area (Å²) in [5.74, 6) is 0. The lowest BCUT2D eigenvalue weighted by molar-refractivity contribution is -0.100. The van der Waals surface area contributed by atoms with Crippen LogP contribution < -0.4 is 0 Å². The lowest BCUT2D eigenvalue weighted by atomic mass is 9.61. The van der Waals surface area contributed by atoms with Gasteiger partial charge in [-0.15, -0.1) is 0 Å². The van der Waals surface area contributed by atoms with E-state index in [0.717, 1.165) is 12.8 Å². The van der Waals surface area contributed by atoms with E-state index in [0.29, 0.717) is 39.6 Å². The van der Waals surface area contributed by atoms with Gasteiger partial charge in [-0.3, -0.25) is 0 Å². The zero-order chi connectivity index (χ0) is 26.2. The summed E-state index contributed by atoms with van der Waals surface area (Å²) in [6.07, 6.45) is 1.79. The molecule has 0 saturated carbocycles. The average molecular weight is 475 g/mol. The molecule has 0 spiro atoms. The van der Waals surface area contributed by atoms with E-state index in [1.54, 1.807) is 0 Å². The van der Waals surface area contributed by atoms with Crippen molar-refractivity contribution in [2.24, 2.45) is 32.5 Å². The fraction of sp³-hybridized carbons (Fsp3) is 1.00. The van der Waals surface area contributed by atoms with E-state index in [1.807, 2.05) is 0 Å². The van der Waals surface area contributed by atoms with Gasteiger partial charge in [0.1, 0.15) is 0 Å². The van der Waals surface area contributed by atoms with Crippen molar-refractivity contribution in [3.63, 3.8) is 0 Å². The van der Waals surface area contributed by atoms with Crippen molar-refractivity contribution in [1.82, 2.24) is 0 Å². The van der Waals surface area contributed by atoms with E-state index < -0.39 is 0 Å². The highest BCUT2D eigenvalue weighted by Crippen LogP contribution is 2.47. The van der Waals surface area contributed by atoms with Gasteiger partial charge in [0.05, 0.1) is 52.9 Å². The molecule has 200 valence electrons. The molecule has 0 aromatic rings. The standard InChI is InChI=1S/C28H58O5/c1-23(2,3)17-27(19-29,25(7,8)9)21-32-15-13-31-14-16-33-22-28(20-30,26(10,11)12)18-24(4,5)6/h29-30H,13-22H2,1-12H3. The third-order valence-corrected chi connectivity index (χ3v) is 7.03. The van der Waals surface area contributed by atoms with Crippen molar-refractivity contribution < 1.29 is 24.4 Å². The number of rotatable bonds is 14. The number of hydrogen-bond donors (Lipinski definition) is 2. The first-order chi connectivity index (χ1) is 14.7. The molecule has 0 aromatic carbocycles. The first kappa shape index (κ1) is 32.8. The van der Waals surface area contributed by atoms with Crippen LogP contribution in [0.25, 0.3) is 0 Å². The van der Waals surface area contributed by atoms with Crippen molar-refractivity contribution in [3.05, 3.63) is 0 Å². The SMILES string of the molecule is CC(C)(C)CC(CO)(COCCOCCOCC(CO)(CC(C)(C)C)C(C)(C)C)C(C)(C)C. The van der Waals surface area contributed by atoms with Gasteiger partial charge < -0.3 is 24.4 Å². The zero-order valence-electron chi connectivity index (χ0n) is 24.2. The Morgan fingerprint density at radius 3 is 0.939 bits per heavy atom. The second-order valence-corrected chi connectivity index (χ2v) is 14.6. The minimum atomic E-state index is -0.290. The van der Waals surface area contributed by atoms with E-state index in [4.69, 9.17) is 14.2 Å². The quantitative estimate of drug-likeness (QED) is 0.304. The summed E-state index contributed by atoms with van der Waals surface area (Å²) in [5, 5.41) is 20.5. The normalized spacial score (nSPS) is 17.6. The molecule has 0 heterocycles. The largest absolute Gasteiger partial charge is 0.396 e. The summed E-state index contributed by atoms with van der Waals surface area (Å²) >= 11 is 0. The molecule has 5 heteroatoms. The predicted molar refractivity (Wildman–Crippen MR) is 139 cm³/mol. The highest BCUT2D eigenvalue weighted by Gasteiger charge is 2.45. The van der Waals surface area contributed by atoms with Gasteiger partial charge in [0.2, 0.25) is 0 Å². The van der Waals surface area contributed by atoms with Gasteiger partial charge in [-0.05, 0) is 34.5 Å². The molecule has 2 atom stereocenters. The number of ether oxygens (including phenoxy) is 3. The molecule has 0 aliphatic carbocycles. The summed E-state index contributed by atoms with van der Waals surface area (Å²) in [7, 11) is 0. The topological polar surface area (TPSA) is 68.2 Å². The van der Waals surface area contributed by atoms with Crippen LogP contribution in [0.5, 0.6) is 0 Å². The van der Waals surface area contributed by atoms with Crippen LogP contribution in [0.15, 0.2) is 0 Å². The molecule has 5 nitrogen and oxygen atoms in total. The van der Waals surface area contributed by atoms with Crippen LogP contribution in [-0.4, -0.2) is 63.1 Å². The maximum absolute atomic E-state index is 10.2. The van der Waals surface area contributed by atoms with Gasteiger partial charge in [0.15, 0.2) is 0 Å². The molecule has 0 aliphatic heterocycles. The Bertz CT molecular complexity index is 484. The molecule has 2 unspecified atom stereocenters. The van der Waals surface area contributed by atoms with Crippen molar-refractivity contribution in [3.8, 4) is 0 Å².